The topological polar surface area (TPSA) is 45.8 Å². The minimum atomic E-state index is -0.0497. The Balaban J connectivity index is 2.59. The summed E-state index contributed by atoms with van der Waals surface area (Å²) in [5.41, 5.74) is 3.76. The molecule has 1 heterocycles. The summed E-state index contributed by atoms with van der Waals surface area (Å²) in [6.07, 6.45) is 1.02. The Morgan fingerprint density at radius 3 is 2.26 bits per heavy atom. The van der Waals surface area contributed by atoms with Gasteiger partial charge in [-0.3, -0.25) is 4.79 Å². The maximum Gasteiger partial charge on any atom is 0.255 e. The highest BCUT2D eigenvalue weighted by Crippen LogP contribution is 2.25. The SMILES string of the molecule is CCC(C)n1c(-c2ccc(C(C)C)cc2)ccc(CC#N)c1=O. The van der Waals surface area contributed by atoms with E-state index in [1.807, 2.05) is 17.6 Å². The number of nitrogens with zero attached hydrogens (tertiary/aromatic N) is 2. The molecular weight excluding hydrogens is 284 g/mol. The zero-order valence-corrected chi connectivity index (χ0v) is 14.3. The van der Waals surface area contributed by atoms with Crippen LogP contribution in [0.3, 0.4) is 0 Å². The van der Waals surface area contributed by atoms with Crippen LogP contribution >= 0.6 is 0 Å². The first-order valence-corrected chi connectivity index (χ1v) is 8.21. The summed E-state index contributed by atoms with van der Waals surface area (Å²) in [4.78, 5) is 12.7. The minimum absolute atomic E-state index is 0.0497. The smallest absolute Gasteiger partial charge is 0.255 e. The highest BCUT2D eigenvalue weighted by atomic mass is 16.1. The van der Waals surface area contributed by atoms with E-state index in [0.29, 0.717) is 11.5 Å². The van der Waals surface area contributed by atoms with Crippen LogP contribution < -0.4 is 5.56 Å². The predicted octanol–water partition coefficient (Wildman–Crippen LogP) is 4.68. The molecule has 3 heteroatoms. The van der Waals surface area contributed by atoms with E-state index in [1.165, 1.54) is 5.56 Å². The van der Waals surface area contributed by atoms with E-state index in [1.54, 1.807) is 6.07 Å². The molecular formula is C20H24N2O. The fourth-order valence-corrected chi connectivity index (χ4v) is 2.71. The quantitative estimate of drug-likeness (QED) is 0.805. The van der Waals surface area contributed by atoms with Gasteiger partial charge < -0.3 is 4.57 Å². The van der Waals surface area contributed by atoms with Gasteiger partial charge in [-0.05, 0) is 36.5 Å². The van der Waals surface area contributed by atoms with Crippen LogP contribution in [-0.4, -0.2) is 4.57 Å². The maximum atomic E-state index is 12.7. The average molecular weight is 308 g/mol. The molecule has 2 rings (SSSR count). The van der Waals surface area contributed by atoms with Crippen molar-refractivity contribution >= 4 is 0 Å². The van der Waals surface area contributed by atoms with E-state index in [2.05, 4.69) is 51.1 Å². The van der Waals surface area contributed by atoms with Crippen LogP contribution in [0.5, 0.6) is 0 Å². The van der Waals surface area contributed by atoms with Crippen LogP contribution in [0.1, 0.15) is 57.2 Å². The number of hydrogen-bond donors (Lipinski definition) is 0. The van der Waals surface area contributed by atoms with Crippen LogP contribution in [0, 0.1) is 11.3 Å². The lowest BCUT2D eigenvalue weighted by molar-refractivity contribution is 0.517. The van der Waals surface area contributed by atoms with Crippen LogP contribution in [0.2, 0.25) is 0 Å². The van der Waals surface area contributed by atoms with Crippen molar-refractivity contribution in [2.75, 3.05) is 0 Å². The van der Waals surface area contributed by atoms with Gasteiger partial charge in [0.15, 0.2) is 0 Å². The summed E-state index contributed by atoms with van der Waals surface area (Å²) in [6, 6.07) is 14.3. The number of hydrogen-bond acceptors (Lipinski definition) is 2. The van der Waals surface area contributed by atoms with E-state index >= 15 is 0 Å². The number of benzene rings is 1. The summed E-state index contributed by atoms with van der Waals surface area (Å²) < 4.78 is 1.83. The molecule has 0 fully saturated rings. The fourth-order valence-electron chi connectivity index (χ4n) is 2.71. The summed E-state index contributed by atoms with van der Waals surface area (Å²) in [5.74, 6) is 0.485. The second-order valence-electron chi connectivity index (χ2n) is 6.29. The lowest BCUT2D eigenvalue weighted by Gasteiger charge is -2.20. The van der Waals surface area contributed by atoms with Gasteiger partial charge in [-0.1, -0.05) is 51.1 Å². The molecule has 1 atom stereocenters. The highest BCUT2D eigenvalue weighted by Gasteiger charge is 2.14. The molecule has 1 aromatic carbocycles. The highest BCUT2D eigenvalue weighted by molar-refractivity contribution is 5.60. The molecule has 1 aromatic heterocycles. The molecule has 2 aromatic rings. The Bertz CT molecular complexity index is 764. The van der Waals surface area contributed by atoms with Crippen molar-refractivity contribution in [1.82, 2.24) is 4.57 Å². The summed E-state index contributed by atoms with van der Waals surface area (Å²) in [7, 11) is 0. The molecule has 0 radical (unpaired) electrons. The molecule has 0 aliphatic carbocycles. The second-order valence-corrected chi connectivity index (χ2v) is 6.29. The third kappa shape index (κ3) is 3.53. The number of rotatable bonds is 5. The molecule has 0 aliphatic heterocycles. The van der Waals surface area contributed by atoms with Crippen molar-refractivity contribution < 1.29 is 0 Å². The van der Waals surface area contributed by atoms with Gasteiger partial charge in [0, 0.05) is 11.6 Å². The maximum absolute atomic E-state index is 12.7. The number of nitriles is 1. The van der Waals surface area contributed by atoms with E-state index in [0.717, 1.165) is 17.7 Å². The summed E-state index contributed by atoms with van der Waals surface area (Å²) in [6.45, 7) is 8.45. The standard InChI is InChI=1S/C20H24N2O/c1-5-15(4)22-19(11-10-18(12-13-21)20(22)23)17-8-6-16(7-9-17)14(2)3/h6-11,14-15H,5,12H2,1-4H3. The summed E-state index contributed by atoms with van der Waals surface area (Å²) >= 11 is 0. The van der Waals surface area contributed by atoms with Gasteiger partial charge >= 0.3 is 0 Å². The van der Waals surface area contributed by atoms with Crippen LogP contribution in [0.25, 0.3) is 11.3 Å². The fraction of sp³-hybridized carbons (Fsp3) is 0.400. The zero-order valence-electron chi connectivity index (χ0n) is 14.3. The zero-order chi connectivity index (χ0) is 17.0. The van der Waals surface area contributed by atoms with Crippen LogP contribution in [-0.2, 0) is 6.42 Å². The van der Waals surface area contributed by atoms with E-state index < -0.39 is 0 Å². The van der Waals surface area contributed by atoms with Crippen molar-refractivity contribution in [1.29, 1.82) is 5.26 Å². The van der Waals surface area contributed by atoms with Crippen LogP contribution in [0.15, 0.2) is 41.2 Å². The van der Waals surface area contributed by atoms with Gasteiger partial charge in [0.25, 0.3) is 5.56 Å². The Kier molecular flexibility index (Phi) is 5.39. The molecule has 0 saturated heterocycles. The van der Waals surface area contributed by atoms with Crippen LogP contribution in [0.4, 0.5) is 0 Å². The van der Waals surface area contributed by atoms with Gasteiger partial charge in [0.05, 0.1) is 18.2 Å². The second kappa shape index (κ2) is 7.28. The molecule has 23 heavy (non-hydrogen) atoms. The molecule has 0 spiro atoms. The van der Waals surface area contributed by atoms with E-state index in [-0.39, 0.29) is 18.0 Å². The Labute approximate surface area is 138 Å². The molecule has 0 saturated carbocycles. The monoisotopic (exact) mass is 308 g/mol. The van der Waals surface area contributed by atoms with Crippen molar-refractivity contribution in [3.05, 3.63) is 57.9 Å². The minimum Gasteiger partial charge on any atom is -0.305 e. The lowest BCUT2D eigenvalue weighted by Crippen LogP contribution is -2.27. The number of pyridine rings is 1. The lowest BCUT2D eigenvalue weighted by atomic mass is 10.00. The molecule has 0 amide bonds. The molecule has 0 bridgehead atoms. The molecule has 120 valence electrons. The Morgan fingerprint density at radius 2 is 1.74 bits per heavy atom. The number of aromatic nitrogens is 1. The van der Waals surface area contributed by atoms with Crippen molar-refractivity contribution in [3.63, 3.8) is 0 Å². The van der Waals surface area contributed by atoms with Crippen molar-refractivity contribution in [3.8, 4) is 17.3 Å². The van der Waals surface area contributed by atoms with Crippen molar-refractivity contribution in [2.45, 2.75) is 52.5 Å². The third-order valence-electron chi connectivity index (χ3n) is 4.37. The van der Waals surface area contributed by atoms with Crippen molar-refractivity contribution in [2.24, 2.45) is 0 Å². The normalized spacial score (nSPS) is 12.2. The van der Waals surface area contributed by atoms with E-state index in [9.17, 15) is 4.79 Å². The molecule has 1 unspecified atom stereocenters. The van der Waals surface area contributed by atoms with Gasteiger partial charge in [-0.15, -0.1) is 0 Å². The Morgan fingerprint density at radius 1 is 1.09 bits per heavy atom. The summed E-state index contributed by atoms with van der Waals surface area (Å²) in [5, 5.41) is 8.90. The van der Waals surface area contributed by atoms with Gasteiger partial charge in [-0.2, -0.15) is 5.26 Å². The Hall–Kier alpha value is -2.34. The predicted molar refractivity (Wildman–Crippen MR) is 94.5 cm³/mol. The average Bonchev–Trinajstić information content (AvgIpc) is 2.56. The first-order valence-electron chi connectivity index (χ1n) is 8.21. The largest absolute Gasteiger partial charge is 0.305 e. The molecule has 0 N–H and O–H groups in total. The first kappa shape index (κ1) is 17.0. The van der Waals surface area contributed by atoms with Gasteiger partial charge in [-0.25, -0.2) is 0 Å². The molecule has 3 nitrogen and oxygen atoms in total. The van der Waals surface area contributed by atoms with Gasteiger partial charge in [0.2, 0.25) is 0 Å². The van der Waals surface area contributed by atoms with E-state index in [4.69, 9.17) is 5.26 Å². The van der Waals surface area contributed by atoms with Gasteiger partial charge in [0.1, 0.15) is 0 Å². The third-order valence-corrected chi connectivity index (χ3v) is 4.37. The molecule has 0 aliphatic rings. The first-order chi connectivity index (χ1) is 11.0.